The largest absolute Gasteiger partial charge is 0.497 e. The summed E-state index contributed by atoms with van der Waals surface area (Å²) in [5.41, 5.74) is 0.923. The van der Waals surface area contributed by atoms with Crippen LogP contribution in [0.2, 0.25) is 0 Å². The molecule has 1 amide bonds. The predicted molar refractivity (Wildman–Crippen MR) is 83.3 cm³/mol. The number of methoxy groups -OCH3 is 1. The van der Waals surface area contributed by atoms with Crippen LogP contribution in [-0.4, -0.2) is 25.6 Å². The van der Waals surface area contributed by atoms with Crippen LogP contribution in [0.25, 0.3) is 0 Å². The van der Waals surface area contributed by atoms with E-state index in [1.807, 2.05) is 0 Å². The van der Waals surface area contributed by atoms with E-state index in [9.17, 15) is 9.59 Å². The number of anilines is 1. The maximum Gasteiger partial charge on any atom is 0.341 e. The van der Waals surface area contributed by atoms with Crippen LogP contribution in [0.15, 0.2) is 48.5 Å². The number of nitriles is 1. The highest BCUT2D eigenvalue weighted by Gasteiger charge is 2.15. The van der Waals surface area contributed by atoms with Crippen LogP contribution in [0.3, 0.4) is 0 Å². The van der Waals surface area contributed by atoms with Crippen molar-refractivity contribution in [2.45, 2.75) is 0 Å². The molecule has 0 saturated carbocycles. The quantitative estimate of drug-likeness (QED) is 0.858. The Bertz CT molecular complexity index is 748. The second kappa shape index (κ2) is 7.61. The molecule has 0 bridgehead atoms. The average molecular weight is 310 g/mol. The van der Waals surface area contributed by atoms with Gasteiger partial charge in [0.1, 0.15) is 11.8 Å². The number of carbonyl (C=O) groups is 2. The minimum atomic E-state index is -0.669. The lowest BCUT2D eigenvalue weighted by Gasteiger charge is -2.10. The number of hydrogen-bond donors (Lipinski definition) is 1. The van der Waals surface area contributed by atoms with Gasteiger partial charge < -0.3 is 14.8 Å². The van der Waals surface area contributed by atoms with Crippen LogP contribution in [0.5, 0.6) is 5.75 Å². The van der Waals surface area contributed by atoms with Crippen LogP contribution in [-0.2, 0) is 4.74 Å². The Balaban J connectivity index is 2.17. The zero-order valence-corrected chi connectivity index (χ0v) is 12.4. The fourth-order valence-electron chi connectivity index (χ4n) is 1.88. The minimum Gasteiger partial charge on any atom is -0.497 e. The third-order valence-electron chi connectivity index (χ3n) is 3.02. The van der Waals surface area contributed by atoms with Crippen molar-refractivity contribution in [2.24, 2.45) is 0 Å². The molecule has 2 aromatic carbocycles. The molecule has 2 rings (SSSR count). The molecule has 0 aliphatic rings. The monoisotopic (exact) mass is 310 g/mol. The summed E-state index contributed by atoms with van der Waals surface area (Å²) in [7, 11) is 1.54. The van der Waals surface area contributed by atoms with Crippen LogP contribution < -0.4 is 10.1 Å². The van der Waals surface area contributed by atoms with Crippen LogP contribution in [0, 0.1) is 11.3 Å². The first kappa shape index (κ1) is 16.0. The van der Waals surface area contributed by atoms with E-state index in [4.69, 9.17) is 14.7 Å². The molecular weight excluding hydrogens is 296 g/mol. The van der Waals surface area contributed by atoms with Gasteiger partial charge in [-0.2, -0.15) is 5.26 Å². The highest BCUT2D eigenvalue weighted by molar-refractivity contribution is 6.08. The van der Waals surface area contributed by atoms with E-state index in [0.29, 0.717) is 17.0 Å². The van der Waals surface area contributed by atoms with Crippen molar-refractivity contribution in [3.8, 4) is 11.8 Å². The highest BCUT2D eigenvalue weighted by atomic mass is 16.5. The van der Waals surface area contributed by atoms with E-state index >= 15 is 0 Å². The zero-order valence-electron chi connectivity index (χ0n) is 12.4. The van der Waals surface area contributed by atoms with E-state index in [-0.39, 0.29) is 18.1 Å². The number of hydrogen-bond acceptors (Lipinski definition) is 5. The maximum absolute atomic E-state index is 12.2. The Morgan fingerprint density at radius 2 is 1.83 bits per heavy atom. The molecule has 0 aromatic heterocycles. The third-order valence-corrected chi connectivity index (χ3v) is 3.02. The number of ether oxygens (including phenoxy) is 2. The molecule has 1 N–H and O–H groups in total. The molecule has 0 spiro atoms. The van der Waals surface area contributed by atoms with E-state index in [1.54, 1.807) is 48.5 Å². The summed E-state index contributed by atoms with van der Waals surface area (Å²) >= 11 is 0. The van der Waals surface area contributed by atoms with E-state index in [1.165, 1.54) is 13.2 Å². The van der Waals surface area contributed by atoms with Crippen molar-refractivity contribution in [1.82, 2.24) is 0 Å². The van der Waals surface area contributed by atoms with E-state index in [2.05, 4.69) is 5.32 Å². The van der Waals surface area contributed by atoms with Gasteiger partial charge in [0, 0.05) is 5.56 Å². The zero-order chi connectivity index (χ0) is 16.7. The SMILES string of the molecule is COc1ccc(C(=O)Nc2ccccc2C(=O)OCC#N)cc1. The van der Waals surface area contributed by atoms with E-state index in [0.717, 1.165) is 0 Å². The number of para-hydroxylation sites is 1. The number of rotatable bonds is 5. The standard InChI is InChI=1S/C17H14N2O4/c1-22-13-8-6-12(7-9-13)16(20)19-15-5-3-2-4-14(15)17(21)23-11-10-18/h2-9H,11H2,1H3,(H,19,20). The Hall–Kier alpha value is -3.33. The summed E-state index contributed by atoms with van der Waals surface area (Å²) in [6, 6.07) is 14.7. The summed E-state index contributed by atoms with van der Waals surface area (Å²) < 4.78 is 9.80. The van der Waals surface area contributed by atoms with Crippen molar-refractivity contribution in [3.63, 3.8) is 0 Å². The number of esters is 1. The van der Waals surface area contributed by atoms with Gasteiger partial charge >= 0.3 is 5.97 Å². The van der Waals surface area contributed by atoms with Crippen molar-refractivity contribution >= 4 is 17.6 Å². The summed E-state index contributed by atoms with van der Waals surface area (Å²) in [5.74, 6) is -0.396. The highest BCUT2D eigenvalue weighted by Crippen LogP contribution is 2.18. The number of amides is 1. The summed E-state index contributed by atoms with van der Waals surface area (Å²) in [5, 5.41) is 11.1. The van der Waals surface area contributed by atoms with Crippen molar-refractivity contribution in [1.29, 1.82) is 5.26 Å². The molecule has 0 radical (unpaired) electrons. The maximum atomic E-state index is 12.2. The van der Waals surface area contributed by atoms with Gasteiger partial charge in [-0.25, -0.2) is 4.79 Å². The van der Waals surface area contributed by atoms with Crippen LogP contribution >= 0.6 is 0 Å². The van der Waals surface area contributed by atoms with Gasteiger partial charge in [0.15, 0.2) is 6.61 Å². The molecule has 0 saturated heterocycles. The van der Waals surface area contributed by atoms with E-state index < -0.39 is 5.97 Å². The molecule has 2 aromatic rings. The van der Waals surface area contributed by atoms with Crippen molar-refractivity contribution in [2.75, 3.05) is 19.0 Å². The molecule has 6 heteroatoms. The first-order valence-electron chi connectivity index (χ1n) is 6.74. The fourth-order valence-corrected chi connectivity index (χ4v) is 1.88. The number of nitrogens with zero attached hydrogens (tertiary/aromatic N) is 1. The molecule has 0 aliphatic heterocycles. The lowest BCUT2D eigenvalue weighted by atomic mass is 10.1. The Morgan fingerprint density at radius 3 is 2.48 bits per heavy atom. The molecule has 6 nitrogen and oxygen atoms in total. The molecule has 0 heterocycles. The van der Waals surface area contributed by atoms with Gasteiger partial charge in [-0.15, -0.1) is 0 Å². The van der Waals surface area contributed by atoms with Gasteiger partial charge in [0.2, 0.25) is 0 Å². The number of carbonyl (C=O) groups excluding carboxylic acids is 2. The van der Waals surface area contributed by atoms with Crippen molar-refractivity contribution < 1.29 is 19.1 Å². The molecule has 0 unspecified atom stereocenters. The second-order valence-electron chi connectivity index (χ2n) is 4.46. The third kappa shape index (κ3) is 4.08. The normalized spacial score (nSPS) is 9.57. The smallest absolute Gasteiger partial charge is 0.341 e. The Labute approximate surface area is 133 Å². The topological polar surface area (TPSA) is 88.4 Å². The van der Waals surface area contributed by atoms with Gasteiger partial charge in [-0.3, -0.25) is 4.79 Å². The van der Waals surface area contributed by atoms with Crippen LogP contribution in [0.4, 0.5) is 5.69 Å². The summed E-state index contributed by atoms with van der Waals surface area (Å²) in [4.78, 5) is 24.1. The molecule has 116 valence electrons. The summed E-state index contributed by atoms with van der Waals surface area (Å²) in [6.07, 6.45) is 0. The Kier molecular flexibility index (Phi) is 5.31. The molecule has 0 fully saturated rings. The minimum absolute atomic E-state index is 0.185. The second-order valence-corrected chi connectivity index (χ2v) is 4.46. The predicted octanol–water partition coefficient (Wildman–Crippen LogP) is 2.63. The lowest BCUT2D eigenvalue weighted by molar-refractivity contribution is 0.0556. The molecular formula is C17H14N2O4. The molecule has 0 aliphatic carbocycles. The van der Waals surface area contributed by atoms with Crippen LogP contribution in [0.1, 0.15) is 20.7 Å². The molecule has 23 heavy (non-hydrogen) atoms. The first-order chi connectivity index (χ1) is 11.2. The Morgan fingerprint density at radius 1 is 1.13 bits per heavy atom. The lowest BCUT2D eigenvalue weighted by Crippen LogP contribution is -2.16. The number of nitrogens with one attached hydrogen (secondary N) is 1. The van der Waals surface area contributed by atoms with Gasteiger partial charge in [-0.1, -0.05) is 12.1 Å². The van der Waals surface area contributed by atoms with Gasteiger partial charge in [-0.05, 0) is 36.4 Å². The fraction of sp³-hybridized carbons (Fsp3) is 0.118. The average Bonchev–Trinajstić information content (AvgIpc) is 2.60. The van der Waals surface area contributed by atoms with Gasteiger partial charge in [0.05, 0.1) is 18.4 Å². The summed E-state index contributed by atoms with van der Waals surface area (Å²) in [6.45, 7) is -0.348. The first-order valence-corrected chi connectivity index (χ1v) is 6.74. The molecule has 0 atom stereocenters. The van der Waals surface area contributed by atoms with Crippen molar-refractivity contribution in [3.05, 3.63) is 59.7 Å². The number of benzene rings is 2. The van der Waals surface area contributed by atoms with Gasteiger partial charge in [0.25, 0.3) is 5.91 Å².